The highest BCUT2D eigenvalue weighted by atomic mass is 17.2. The topological polar surface area (TPSA) is 55.8 Å². The maximum atomic E-state index is 10.1. The molecule has 2 aromatic carbocycles. The minimum atomic E-state index is -0.563. The van der Waals surface area contributed by atoms with E-state index in [-0.39, 0.29) is 0 Å². The van der Waals surface area contributed by atoms with Crippen molar-refractivity contribution >= 4 is 5.97 Å². The zero-order valence-corrected chi connectivity index (χ0v) is 11.9. The molecule has 0 amide bonds. The Bertz CT molecular complexity index is 564. The van der Waals surface area contributed by atoms with Gasteiger partial charge in [-0.2, -0.15) is 4.89 Å². The lowest BCUT2D eigenvalue weighted by Gasteiger charge is -2.02. The largest absolute Gasteiger partial charge is 0.507 e. The van der Waals surface area contributed by atoms with Crippen LogP contribution in [0.1, 0.15) is 6.92 Å². The van der Waals surface area contributed by atoms with E-state index in [9.17, 15) is 9.90 Å². The molecule has 0 fully saturated rings. The van der Waals surface area contributed by atoms with Gasteiger partial charge in [-0.3, -0.25) is 4.89 Å². The Morgan fingerprint density at radius 1 is 1.14 bits per heavy atom. The molecule has 0 saturated heterocycles. The number of hydrogen-bond acceptors (Lipinski definition) is 4. The van der Waals surface area contributed by atoms with E-state index in [0.29, 0.717) is 12.4 Å². The molecular weight excluding hydrogens is 268 g/mol. The summed E-state index contributed by atoms with van der Waals surface area (Å²) in [4.78, 5) is 18.5. The quantitative estimate of drug-likeness (QED) is 0.528. The van der Waals surface area contributed by atoms with Gasteiger partial charge in [0.05, 0.1) is 6.61 Å². The molecule has 4 heteroatoms. The summed E-state index contributed by atoms with van der Waals surface area (Å²) in [5.74, 6) is -0.236. The van der Waals surface area contributed by atoms with Crippen LogP contribution >= 0.6 is 0 Å². The van der Waals surface area contributed by atoms with Crippen LogP contribution in [0.25, 0.3) is 11.1 Å². The highest BCUT2D eigenvalue weighted by Gasteiger charge is 2.00. The molecule has 0 unspecified atom stereocenters. The number of carbonyl (C=O) groups is 1. The van der Waals surface area contributed by atoms with E-state index in [2.05, 4.69) is 16.4 Å². The van der Waals surface area contributed by atoms with Gasteiger partial charge in [-0.15, -0.1) is 0 Å². The molecule has 1 N–H and O–H groups in total. The van der Waals surface area contributed by atoms with Gasteiger partial charge in [-0.05, 0) is 18.6 Å². The number of aromatic hydroxyl groups is 1. The molecule has 0 bridgehead atoms. The summed E-state index contributed by atoms with van der Waals surface area (Å²) in [6.45, 7) is 5.24. The number of para-hydroxylation sites is 1. The van der Waals surface area contributed by atoms with Crippen LogP contribution in [-0.4, -0.2) is 17.7 Å². The smallest absolute Gasteiger partial charge is 0.365 e. The van der Waals surface area contributed by atoms with E-state index >= 15 is 0 Å². The van der Waals surface area contributed by atoms with Gasteiger partial charge in [0.15, 0.2) is 0 Å². The van der Waals surface area contributed by atoms with Crippen LogP contribution in [0.3, 0.4) is 0 Å². The first-order valence-corrected chi connectivity index (χ1v) is 6.48. The molecule has 2 rings (SSSR count). The Labute approximate surface area is 124 Å². The Morgan fingerprint density at radius 2 is 1.76 bits per heavy atom. The Morgan fingerprint density at radius 3 is 2.33 bits per heavy atom. The van der Waals surface area contributed by atoms with Crippen LogP contribution in [0.4, 0.5) is 0 Å². The van der Waals surface area contributed by atoms with Gasteiger partial charge in [0, 0.05) is 11.6 Å². The predicted molar refractivity (Wildman–Crippen MR) is 81.5 cm³/mol. The highest BCUT2D eigenvalue weighted by molar-refractivity contribution is 5.80. The van der Waals surface area contributed by atoms with Crippen molar-refractivity contribution in [1.82, 2.24) is 0 Å². The first-order valence-electron chi connectivity index (χ1n) is 6.48. The van der Waals surface area contributed by atoms with Gasteiger partial charge in [-0.25, -0.2) is 4.79 Å². The van der Waals surface area contributed by atoms with Crippen molar-refractivity contribution in [2.75, 3.05) is 6.61 Å². The van der Waals surface area contributed by atoms with Gasteiger partial charge in [0.25, 0.3) is 0 Å². The second kappa shape index (κ2) is 9.34. The van der Waals surface area contributed by atoms with Crippen molar-refractivity contribution in [3.8, 4) is 16.9 Å². The van der Waals surface area contributed by atoms with E-state index in [0.717, 1.165) is 17.2 Å². The minimum Gasteiger partial charge on any atom is -0.507 e. The molecule has 4 nitrogen and oxygen atoms in total. The number of carbonyl (C=O) groups excluding carboxylic acids is 1. The van der Waals surface area contributed by atoms with Crippen LogP contribution in [0.2, 0.25) is 0 Å². The average Bonchev–Trinajstić information content (AvgIpc) is 2.54. The van der Waals surface area contributed by atoms with Crippen molar-refractivity contribution in [1.29, 1.82) is 0 Å². The lowest BCUT2D eigenvalue weighted by atomic mass is 10.1. The van der Waals surface area contributed by atoms with E-state index in [1.165, 1.54) is 0 Å². The molecule has 0 spiro atoms. The van der Waals surface area contributed by atoms with E-state index in [1.54, 1.807) is 13.0 Å². The summed E-state index contributed by atoms with van der Waals surface area (Å²) in [6.07, 6.45) is 1.04. The van der Waals surface area contributed by atoms with Crippen LogP contribution in [0.5, 0.6) is 5.75 Å². The van der Waals surface area contributed by atoms with Gasteiger partial charge in [0.2, 0.25) is 0 Å². The Kier molecular flexibility index (Phi) is 7.32. The lowest BCUT2D eigenvalue weighted by Crippen LogP contribution is -2.00. The van der Waals surface area contributed by atoms with Gasteiger partial charge in [0.1, 0.15) is 5.75 Å². The first kappa shape index (κ1) is 16.5. The van der Waals surface area contributed by atoms with Crippen molar-refractivity contribution < 1.29 is 19.7 Å². The monoisotopic (exact) mass is 286 g/mol. The van der Waals surface area contributed by atoms with Crippen molar-refractivity contribution in [3.05, 3.63) is 67.3 Å². The third kappa shape index (κ3) is 5.93. The highest BCUT2D eigenvalue weighted by Crippen LogP contribution is 2.27. The molecule has 0 aliphatic rings. The molecule has 110 valence electrons. The lowest BCUT2D eigenvalue weighted by molar-refractivity contribution is -0.264. The number of phenols is 1. The molecular formula is C17H18O4. The third-order valence-electron chi connectivity index (χ3n) is 2.41. The summed E-state index contributed by atoms with van der Waals surface area (Å²) in [7, 11) is 0. The third-order valence-corrected chi connectivity index (χ3v) is 2.41. The fraction of sp³-hybridized carbons (Fsp3) is 0.118. The maximum Gasteiger partial charge on any atom is 0.365 e. The first-order chi connectivity index (χ1) is 10.2. The number of hydrogen-bond donors (Lipinski definition) is 1. The molecule has 0 radical (unpaired) electrons. The Balaban J connectivity index is 0.000000240. The normalized spacial score (nSPS) is 9.19. The minimum absolute atomic E-state index is 0.328. The second-order valence-corrected chi connectivity index (χ2v) is 3.90. The maximum absolute atomic E-state index is 10.1. The standard InChI is InChI=1S/C12H10O.C5H8O3/c13-12-9-5-4-8-11(12)10-6-2-1-3-7-10;1-3-5(6)8-7-4-2/h1-9,13H;3H,1,4H2,2H3. The molecule has 0 saturated carbocycles. The zero-order chi connectivity index (χ0) is 15.5. The summed E-state index contributed by atoms with van der Waals surface area (Å²) < 4.78 is 0. The SMILES string of the molecule is C=CC(=O)OOCC.Oc1ccccc1-c1ccccc1. The number of phenolic OH excluding ortho intramolecular Hbond substituents is 1. The van der Waals surface area contributed by atoms with E-state index in [4.69, 9.17) is 0 Å². The summed E-state index contributed by atoms with van der Waals surface area (Å²) >= 11 is 0. The molecule has 0 atom stereocenters. The van der Waals surface area contributed by atoms with E-state index in [1.807, 2.05) is 48.5 Å². The molecule has 21 heavy (non-hydrogen) atoms. The fourth-order valence-electron chi connectivity index (χ4n) is 1.49. The van der Waals surface area contributed by atoms with Crippen molar-refractivity contribution in [2.45, 2.75) is 6.92 Å². The zero-order valence-electron chi connectivity index (χ0n) is 11.9. The molecule has 0 aliphatic heterocycles. The van der Waals surface area contributed by atoms with Crippen molar-refractivity contribution in [2.24, 2.45) is 0 Å². The summed E-state index contributed by atoms with van der Waals surface area (Å²) in [6, 6.07) is 17.2. The summed E-state index contributed by atoms with van der Waals surface area (Å²) in [5, 5.41) is 9.56. The number of benzene rings is 2. The average molecular weight is 286 g/mol. The van der Waals surface area contributed by atoms with Crippen LogP contribution in [-0.2, 0) is 14.6 Å². The summed E-state index contributed by atoms with van der Waals surface area (Å²) in [5.41, 5.74) is 1.92. The molecule has 0 aromatic heterocycles. The van der Waals surface area contributed by atoms with Crippen LogP contribution < -0.4 is 0 Å². The van der Waals surface area contributed by atoms with Crippen molar-refractivity contribution in [3.63, 3.8) is 0 Å². The van der Waals surface area contributed by atoms with Gasteiger partial charge >= 0.3 is 5.97 Å². The molecule has 2 aromatic rings. The Hall–Kier alpha value is -2.59. The predicted octanol–water partition coefficient (Wildman–Crippen LogP) is 3.73. The molecule has 0 heterocycles. The van der Waals surface area contributed by atoms with Gasteiger partial charge in [-0.1, -0.05) is 55.1 Å². The molecule has 0 aliphatic carbocycles. The second-order valence-electron chi connectivity index (χ2n) is 3.90. The number of rotatable bonds is 4. The van der Waals surface area contributed by atoms with E-state index < -0.39 is 5.97 Å². The van der Waals surface area contributed by atoms with Gasteiger partial charge < -0.3 is 5.11 Å². The van der Waals surface area contributed by atoms with Crippen LogP contribution in [0.15, 0.2) is 67.3 Å². The fourth-order valence-corrected chi connectivity index (χ4v) is 1.49. The van der Waals surface area contributed by atoms with Crippen LogP contribution in [0, 0.1) is 0 Å².